The molecule has 2 aliphatic carbocycles. The Balaban J connectivity index is 1.60. The third-order valence-electron chi connectivity index (χ3n) is 7.81. The second-order valence-corrected chi connectivity index (χ2v) is 10.9. The number of nitrogens with one attached hydrogen (secondary N) is 1. The Hall–Kier alpha value is -2.53. The molecule has 1 unspecified atom stereocenters. The molecule has 0 aromatic carbocycles. The first-order chi connectivity index (χ1) is 16.0. The van der Waals surface area contributed by atoms with E-state index in [2.05, 4.69) is 57.1 Å². The largest absolute Gasteiger partial charge is 0.365 e. The maximum absolute atomic E-state index is 9.60. The number of anilines is 1. The topological polar surface area (TPSA) is 92.3 Å². The van der Waals surface area contributed by atoms with Gasteiger partial charge in [0.05, 0.1) is 17.1 Å². The molecule has 8 heteroatoms. The van der Waals surface area contributed by atoms with Crippen molar-refractivity contribution in [3.63, 3.8) is 0 Å². The molecule has 33 heavy (non-hydrogen) atoms. The van der Waals surface area contributed by atoms with Crippen molar-refractivity contribution >= 4 is 28.3 Å². The van der Waals surface area contributed by atoms with E-state index < -0.39 is 0 Å². The molecule has 0 aliphatic heterocycles. The van der Waals surface area contributed by atoms with Crippen molar-refractivity contribution in [1.82, 2.24) is 24.5 Å². The van der Waals surface area contributed by atoms with Gasteiger partial charge in [0.15, 0.2) is 11.5 Å². The van der Waals surface area contributed by atoms with Gasteiger partial charge in [-0.15, -0.1) is 11.3 Å². The maximum atomic E-state index is 9.60. The summed E-state index contributed by atoms with van der Waals surface area (Å²) < 4.78 is 2.34. The van der Waals surface area contributed by atoms with E-state index in [1.165, 1.54) is 44.9 Å². The molecule has 7 nitrogen and oxygen atoms in total. The molecule has 1 N–H and O–H groups in total. The number of rotatable bonds is 7. The fourth-order valence-electron chi connectivity index (χ4n) is 5.33. The number of imidazole rings is 1. The molecule has 3 aromatic heterocycles. The Morgan fingerprint density at radius 2 is 1.94 bits per heavy atom. The average Bonchev–Trinajstić information content (AvgIpc) is 3.42. The zero-order valence-corrected chi connectivity index (χ0v) is 20.6. The molecular formula is C25H33N7S. The summed E-state index contributed by atoms with van der Waals surface area (Å²) in [4.78, 5) is 18.7. The number of nitrogens with zero attached hydrogens (tertiary/aromatic N) is 6. The van der Waals surface area contributed by atoms with Crippen LogP contribution in [0.2, 0.25) is 0 Å². The second kappa shape index (κ2) is 9.38. The summed E-state index contributed by atoms with van der Waals surface area (Å²) in [5.41, 5.74) is 4.46. The third kappa shape index (κ3) is 4.48. The molecule has 0 amide bonds. The van der Waals surface area contributed by atoms with Crippen molar-refractivity contribution in [2.24, 2.45) is 17.8 Å². The monoisotopic (exact) mass is 463 g/mol. The van der Waals surface area contributed by atoms with Gasteiger partial charge in [-0.3, -0.25) is 0 Å². The van der Waals surface area contributed by atoms with E-state index in [1.54, 1.807) is 11.3 Å². The lowest BCUT2D eigenvalue weighted by Crippen LogP contribution is -2.31. The summed E-state index contributed by atoms with van der Waals surface area (Å²) in [5, 5.41) is 15.4. The van der Waals surface area contributed by atoms with Crippen LogP contribution in [0.1, 0.15) is 89.0 Å². The summed E-state index contributed by atoms with van der Waals surface area (Å²) in [6.45, 7) is 7.67. The summed E-state index contributed by atoms with van der Waals surface area (Å²) in [5.74, 6) is 4.04. The van der Waals surface area contributed by atoms with Crippen LogP contribution in [-0.2, 0) is 6.54 Å². The Labute approximate surface area is 199 Å². The minimum atomic E-state index is 0.0513. The van der Waals surface area contributed by atoms with E-state index in [1.807, 2.05) is 5.51 Å². The quantitative estimate of drug-likeness (QED) is 0.481. The normalized spacial score (nSPS) is 23.1. The van der Waals surface area contributed by atoms with Crippen LogP contribution in [0.4, 0.5) is 5.82 Å². The van der Waals surface area contributed by atoms with Gasteiger partial charge in [0.1, 0.15) is 17.4 Å². The van der Waals surface area contributed by atoms with Gasteiger partial charge in [-0.05, 0) is 57.3 Å². The predicted octanol–water partition coefficient (Wildman–Crippen LogP) is 5.73. The lowest BCUT2D eigenvalue weighted by Gasteiger charge is -2.32. The molecule has 2 atom stereocenters. The van der Waals surface area contributed by atoms with Crippen LogP contribution < -0.4 is 5.32 Å². The van der Waals surface area contributed by atoms with Crippen molar-refractivity contribution < 1.29 is 0 Å². The second-order valence-electron chi connectivity index (χ2n) is 10.1. The van der Waals surface area contributed by atoms with E-state index in [0.29, 0.717) is 23.5 Å². The molecule has 2 saturated carbocycles. The number of nitriles is 1. The molecule has 5 rings (SSSR count). The van der Waals surface area contributed by atoms with Crippen molar-refractivity contribution in [3.05, 3.63) is 28.2 Å². The Bertz CT molecular complexity index is 1130. The molecule has 0 radical (unpaired) electrons. The Kier molecular flexibility index (Phi) is 6.33. The van der Waals surface area contributed by atoms with Crippen LogP contribution in [0.15, 0.2) is 10.9 Å². The molecule has 2 aliphatic rings. The number of fused-ring (bicyclic) bond motifs is 1. The summed E-state index contributed by atoms with van der Waals surface area (Å²) in [7, 11) is 0. The Morgan fingerprint density at radius 1 is 1.15 bits per heavy atom. The van der Waals surface area contributed by atoms with Gasteiger partial charge in [-0.25, -0.2) is 9.97 Å². The number of thiazole rings is 1. The summed E-state index contributed by atoms with van der Waals surface area (Å²) >= 11 is 1.61. The van der Waals surface area contributed by atoms with Gasteiger partial charge in [0, 0.05) is 18.0 Å². The SMILES string of the molecule is CC1CCC(Cn2c(C(C)c3cscn3)nc3nc(C#N)nc(N[C@H](C)C4CCC4)c32)CC1. The molecular weight excluding hydrogens is 430 g/mol. The van der Waals surface area contributed by atoms with Crippen molar-refractivity contribution in [1.29, 1.82) is 5.26 Å². The molecule has 0 spiro atoms. The van der Waals surface area contributed by atoms with E-state index in [0.717, 1.165) is 35.3 Å². The van der Waals surface area contributed by atoms with Crippen LogP contribution in [0.3, 0.4) is 0 Å². The highest BCUT2D eigenvalue weighted by atomic mass is 32.1. The molecule has 0 bridgehead atoms. The van der Waals surface area contributed by atoms with E-state index in [-0.39, 0.29) is 11.7 Å². The van der Waals surface area contributed by atoms with Crippen LogP contribution in [0.25, 0.3) is 11.2 Å². The van der Waals surface area contributed by atoms with E-state index in [4.69, 9.17) is 4.98 Å². The zero-order chi connectivity index (χ0) is 22.9. The molecule has 174 valence electrons. The highest BCUT2D eigenvalue weighted by Crippen LogP contribution is 2.36. The van der Waals surface area contributed by atoms with Gasteiger partial charge >= 0.3 is 0 Å². The predicted molar refractivity (Wildman–Crippen MR) is 131 cm³/mol. The minimum absolute atomic E-state index is 0.0513. The van der Waals surface area contributed by atoms with Crippen molar-refractivity contribution in [2.45, 2.75) is 84.2 Å². The standard InChI is InChI=1S/C25H33N7S/c1-15-7-9-18(10-8-15)12-32-22-23(28-17(3)19-5-4-6-19)29-21(11-26)30-24(22)31-25(32)16(2)20-13-33-14-27-20/h13-19H,4-10,12H2,1-3H3,(H,28,29,30)/t15?,16?,17-,18?/m1/s1. The lowest BCUT2D eigenvalue weighted by molar-refractivity contribution is 0.264. The molecule has 2 fully saturated rings. The highest BCUT2D eigenvalue weighted by molar-refractivity contribution is 7.07. The zero-order valence-electron chi connectivity index (χ0n) is 19.8. The van der Waals surface area contributed by atoms with Crippen LogP contribution in [0, 0.1) is 29.1 Å². The first-order valence-corrected chi connectivity index (χ1v) is 13.3. The third-order valence-corrected chi connectivity index (χ3v) is 8.42. The first-order valence-electron chi connectivity index (χ1n) is 12.4. The van der Waals surface area contributed by atoms with Gasteiger partial charge < -0.3 is 9.88 Å². The maximum Gasteiger partial charge on any atom is 0.236 e. The Morgan fingerprint density at radius 3 is 2.58 bits per heavy atom. The van der Waals surface area contributed by atoms with Crippen LogP contribution in [0.5, 0.6) is 0 Å². The van der Waals surface area contributed by atoms with E-state index in [9.17, 15) is 5.26 Å². The first kappa shape index (κ1) is 22.3. The molecule has 3 heterocycles. The van der Waals surface area contributed by atoms with Gasteiger partial charge in [-0.2, -0.15) is 15.2 Å². The van der Waals surface area contributed by atoms with E-state index >= 15 is 0 Å². The molecule has 3 aromatic rings. The smallest absolute Gasteiger partial charge is 0.236 e. The van der Waals surface area contributed by atoms with Gasteiger partial charge in [0.25, 0.3) is 0 Å². The average molecular weight is 464 g/mol. The van der Waals surface area contributed by atoms with Crippen LogP contribution >= 0.6 is 11.3 Å². The van der Waals surface area contributed by atoms with Crippen molar-refractivity contribution in [3.8, 4) is 6.07 Å². The minimum Gasteiger partial charge on any atom is -0.365 e. The number of hydrogen-bond donors (Lipinski definition) is 1. The molecule has 0 saturated heterocycles. The van der Waals surface area contributed by atoms with Gasteiger partial charge in [-0.1, -0.05) is 26.2 Å². The van der Waals surface area contributed by atoms with Crippen LogP contribution in [-0.4, -0.2) is 30.5 Å². The lowest BCUT2D eigenvalue weighted by atomic mass is 9.80. The van der Waals surface area contributed by atoms with Gasteiger partial charge in [0.2, 0.25) is 5.82 Å². The summed E-state index contributed by atoms with van der Waals surface area (Å²) in [6.07, 6.45) is 8.85. The fourth-order valence-corrected chi connectivity index (χ4v) is 5.98. The van der Waals surface area contributed by atoms with Crippen molar-refractivity contribution in [2.75, 3.05) is 5.32 Å². The highest BCUT2D eigenvalue weighted by Gasteiger charge is 2.29. The summed E-state index contributed by atoms with van der Waals surface area (Å²) in [6, 6.07) is 2.45. The fraction of sp³-hybridized carbons (Fsp3) is 0.640. The number of aromatic nitrogens is 5. The number of hydrogen-bond acceptors (Lipinski definition) is 7.